The van der Waals surface area contributed by atoms with Gasteiger partial charge in [-0.1, -0.05) is 42.1 Å². The van der Waals surface area contributed by atoms with Gasteiger partial charge in [0.2, 0.25) is 11.8 Å². The third-order valence-corrected chi connectivity index (χ3v) is 5.37. The number of hydrogen-bond acceptors (Lipinski definition) is 4. The number of hydrogen-bond donors (Lipinski definition) is 1. The van der Waals surface area contributed by atoms with Gasteiger partial charge in [-0.25, -0.2) is 4.98 Å². The molecule has 4 rings (SSSR count). The SMILES string of the molecule is O=C(CSc1ccc2ccccc2n1)Nc1cccc(N2CCCC2=O)c1. The molecule has 136 valence electrons. The Balaban J connectivity index is 1.38. The van der Waals surface area contributed by atoms with Gasteiger partial charge >= 0.3 is 0 Å². The van der Waals surface area contributed by atoms with Crippen LogP contribution in [0.3, 0.4) is 0 Å². The molecule has 0 aliphatic carbocycles. The second-order valence-electron chi connectivity index (χ2n) is 6.38. The molecule has 3 aromatic rings. The zero-order valence-electron chi connectivity index (χ0n) is 14.7. The van der Waals surface area contributed by atoms with Crippen molar-refractivity contribution in [3.8, 4) is 0 Å². The van der Waals surface area contributed by atoms with Crippen LogP contribution in [0.1, 0.15) is 12.8 Å². The minimum absolute atomic E-state index is 0.0974. The molecule has 2 heterocycles. The van der Waals surface area contributed by atoms with Gasteiger partial charge in [-0.05, 0) is 36.8 Å². The van der Waals surface area contributed by atoms with E-state index in [9.17, 15) is 9.59 Å². The number of fused-ring (bicyclic) bond motifs is 1. The first-order valence-corrected chi connectivity index (χ1v) is 9.86. The smallest absolute Gasteiger partial charge is 0.234 e. The standard InChI is InChI=1S/C21H19N3O2S/c25-19(14-27-20-11-10-15-5-1-2-8-18(15)23-20)22-16-6-3-7-17(13-16)24-12-4-9-21(24)26/h1-3,5-8,10-11,13H,4,9,12,14H2,(H,22,25). The predicted octanol–water partition coefficient (Wildman–Crippen LogP) is 4.09. The second-order valence-corrected chi connectivity index (χ2v) is 7.37. The number of rotatable bonds is 5. The Morgan fingerprint density at radius 1 is 1.11 bits per heavy atom. The second kappa shape index (κ2) is 7.80. The molecule has 1 fully saturated rings. The zero-order chi connectivity index (χ0) is 18.6. The van der Waals surface area contributed by atoms with E-state index in [-0.39, 0.29) is 17.6 Å². The Morgan fingerprint density at radius 3 is 2.85 bits per heavy atom. The number of pyridine rings is 1. The van der Waals surface area contributed by atoms with Crippen molar-refractivity contribution in [2.24, 2.45) is 0 Å². The molecule has 0 saturated carbocycles. The molecule has 0 radical (unpaired) electrons. The first-order valence-electron chi connectivity index (χ1n) is 8.88. The molecule has 5 nitrogen and oxygen atoms in total. The topological polar surface area (TPSA) is 62.3 Å². The van der Waals surface area contributed by atoms with Gasteiger partial charge < -0.3 is 10.2 Å². The lowest BCUT2D eigenvalue weighted by Crippen LogP contribution is -2.23. The van der Waals surface area contributed by atoms with Crippen LogP contribution >= 0.6 is 11.8 Å². The van der Waals surface area contributed by atoms with Crippen molar-refractivity contribution in [3.63, 3.8) is 0 Å². The molecule has 1 aliphatic heterocycles. The van der Waals surface area contributed by atoms with Crippen LogP contribution in [0.2, 0.25) is 0 Å². The maximum absolute atomic E-state index is 12.3. The van der Waals surface area contributed by atoms with Gasteiger partial charge in [-0.2, -0.15) is 0 Å². The van der Waals surface area contributed by atoms with Crippen LogP contribution in [0, 0.1) is 0 Å². The average molecular weight is 377 g/mol. The number of benzene rings is 2. The monoisotopic (exact) mass is 377 g/mol. The van der Waals surface area contributed by atoms with Crippen LogP contribution in [-0.4, -0.2) is 29.1 Å². The zero-order valence-corrected chi connectivity index (χ0v) is 15.5. The van der Waals surface area contributed by atoms with Gasteiger partial charge in [0.1, 0.15) is 0 Å². The average Bonchev–Trinajstić information content (AvgIpc) is 3.12. The maximum Gasteiger partial charge on any atom is 0.234 e. The number of nitrogens with one attached hydrogen (secondary N) is 1. The fraction of sp³-hybridized carbons (Fsp3) is 0.190. The number of anilines is 2. The lowest BCUT2D eigenvalue weighted by Gasteiger charge is -2.16. The molecule has 0 bridgehead atoms. The van der Waals surface area contributed by atoms with E-state index in [1.807, 2.05) is 60.7 Å². The van der Waals surface area contributed by atoms with E-state index in [4.69, 9.17) is 0 Å². The summed E-state index contributed by atoms with van der Waals surface area (Å²) in [6.07, 6.45) is 1.47. The summed E-state index contributed by atoms with van der Waals surface area (Å²) in [6.45, 7) is 0.736. The van der Waals surface area contributed by atoms with Crippen LogP contribution < -0.4 is 10.2 Å². The van der Waals surface area contributed by atoms with Crippen LogP contribution in [0.15, 0.2) is 65.7 Å². The fourth-order valence-corrected chi connectivity index (χ4v) is 3.82. The summed E-state index contributed by atoms with van der Waals surface area (Å²) in [4.78, 5) is 30.5. The number of thioether (sulfide) groups is 1. The van der Waals surface area contributed by atoms with Crippen LogP contribution in [0.25, 0.3) is 10.9 Å². The number of aromatic nitrogens is 1. The molecule has 2 amide bonds. The van der Waals surface area contributed by atoms with Crippen molar-refractivity contribution in [2.75, 3.05) is 22.5 Å². The molecular weight excluding hydrogens is 358 g/mol. The molecule has 1 aliphatic rings. The Bertz CT molecular complexity index is 1010. The Labute approximate surface area is 161 Å². The van der Waals surface area contributed by atoms with Crippen molar-refractivity contribution in [1.29, 1.82) is 0 Å². The van der Waals surface area contributed by atoms with Crippen molar-refractivity contribution in [2.45, 2.75) is 17.9 Å². The molecule has 27 heavy (non-hydrogen) atoms. The van der Waals surface area contributed by atoms with Gasteiger partial charge in [0.05, 0.1) is 16.3 Å². The normalized spacial score (nSPS) is 13.9. The fourth-order valence-electron chi connectivity index (χ4n) is 3.14. The lowest BCUT2D eigenvalue weighted by molar-refractivity contribution is -0.117. The minimum atomic E-state index is -0.0974. The molecular formula is C21H19N3O2S. The molecule has 0 spiro atoms. The Morgan fingerprint density at radius 2 is 2.00 bits per heavy atom. The molecule has 6 heteroatoms. The van der Waals surface area contributed by atoms with Gasteiger partial charge in [0, 0.05) is 29.7 Å². The predicted molar refractivity (Wildman–Crippen MR) is 109 cm³/mol. The van der Waals surface area contributed by atoms with Crippen LogP contribution in [0.4, 0.5) is 11.4 Å². The van der Waals surface area contributed by atoms with Gasteiger partial charge in [-0.3, -0.25) is 9.59 Å². The molecule has 1 saturated heterocycles. The highest BCUT2D eigenvalue weighted by Crippen LogP contribution is 2.25. The van der Waals surface area contributed by atoms with Crippen molar-refractivity contribution >= 4 is 45.9 Å². The molecule has 0 atom stereocenters. The first kappa shape index (κ1) is 17.5. The highest BCUT2D eigenvalue weighted by Gasteiger charge is 2.21. The first-order chi connectivity index (χ1) is 13.2. The summed E-state index contributed by atoms with van der Waals surface area (Å²) in [7, 11) is 0. The van der Waals surface area contributed by atoms with E-state index in [1.165, 1.54) is 11.8 Å². The third kappa shape index (κ3) is 4.11. The number of carbonyl (C=O) groups excluding carboxylic acids is 2. The minimum Gasteiger partial charge on any atom is -0.325 e. The Kier molecular flexibility index (Phi) is 5.07. The number of nitrogens with zero attached hydrogens (tertiary/aromatic N) is 2. The molecule has 2 aromatic carbocycles. The van der Waals surface area contributed by atoms with Gasteiger partial charge in [0.25, 0.3) is 0 Å². The highest BCUT2D eigenvalue weighted by molar-refractivity contribution is 7.99. The summed E-state index contributed by atoms with van der Waals surface area (Å²) >= 11 is 1.40. The van der Waals surface area contributed by atoms with E-state index in [2.05, 4.69) is 10.3 Å². The highest BCUT2D eigenvalue weighted by atomic mass is 32.2. The van der Waals surface area contributed by atoms with Crippen molar-refractivity contribution in [3.05, 3.63) is 60.7 Å². The Hall–Kier alpha value is -2.86. The summed E-state index contributed by atoms with van der Waals surface area (Å²) in [6, 6.07) is 19.3. The molecule has 1 aromatic heterocycles. The van der Waals surface area contributed by atoms with E-state index in [0.717, 1.165) is 34.6 Å². The van der Waals surface area contributed by atoms with E-state index >= 15 is 0 Å². The summed E-state index contributed by atoms with van der Waals surface area (Å²) in [5.74, 6) is 0.314. The largest absolute Gasteiger partial charge is 0.325 e. The van der Waals surface area contributed by atoms with E-state index in [1.54, 1.807) is 4.90 Å². The summed E-state index contributed by atoms with van der Waals surface area (Å²) in [5, 5.41) is 4.81. The van der Waals surface area contributed by atoms with E-state index < -0.39 is 0 Å². The molecule has 0 unspecified atom stereocenters. The van der Waals surface area contributed by atoms with Crippen molar-refractivity contribution in [1.82, 2.24) is 4.98 Å². The lowest BCUT2D eigenvalue weighted by atomic mass is 10.2. The maximum atomic E-state index is 12.3. The van der Waals surface area contributed by atoms with Gasteiger partial charge in [-0.15, -0.1) is 0 Å². The van der Waals surface area contributed by atoms with Crippen molar-refractivity contribution < 1.29 is 9.59 Å². The quantitative estimate of drug-likeness (QED) is 0.680. The number of amides is 2. The number of carbonyl (C=O) groups is 2. The number of para-hydroxylation sites is 1. The third-order valence-electron chi connectivity index (χ3n) is 4.44. The molecule has 1 N–H and O–H groups in total. The summed E-state index contributed by atoms with van der Waals surface area (Å²) < 4.78 is 0. The van der Waals surface area contributed by atoms with E-state index in [0.29, 0.717) is 12.1 Å². The van der Waals surface area contributed by atoms with Crippen LogP contribution in [-0.2, 0) is 9.59 Å². The van der Waals surface area contributed by atoms with Crippen LogP contribution in [0.5, 0.6) is 0 Å². The van der Waals surface area contributed by atoms with Gasteiger partial charge in [0.15, 0.2) is 0 Å². The summed E-state index contributed by atoms with van der Waals surface area (Å²) in [5.41, 5.74) is 2.45.